The molecule has 0 spiro atoms. The SMILES string of the molecule is Cn1ccn(-c2ccc(-c3cc(F)nc(-c4cccc(N5CCN(C(C)(C)C)CC5)c4)c3O)cc2Cl)c1=O. The summed E-state index contributed by atoms with van der Waals surface area (Å²) >= 11 is 6.52. The fraction of sp³-hybridized carbons (Fsp3) is 0.310. The highest BCUT2D eigenvalue weighted by molar-refractivity contribution is 6.32. The molecule has 5 rings (SSSR count). The highest BCUT2D eigenvalue weighted by atomic mass is 35.5. The number of hydrogen-bond acceptors (Lipinski definition) is 5. The van der Waals surface area contributed by atoms with Crippen LogP contribution in [0.15, 0.2) is 65.7 Å². The summed E-state index contributed by atoms with van der Waals surface area (Å²) in [7, 11) is 1.65. The Balaban J connectivity index is 1.47. The molecule has 0 unspecified atom stereocenters. The van der Waals surface area contributed by atoms with Gasteiger partial charge in [0.05, 0.1) is 10.7 Å². The molecule has 1 fully saturated rings. The van der Waals surface area contributed by atoms with Gasteiger partial charge in [-0.05, 0) is 50.6 Å². The number of halogens is 2. The standard InChI is InChI=1S/C29H31ClFN5O2/c1-29(2,3)35-13-11-34(12-14-35)21-7-5-6-20(16-21)26-27(37)22(18-25(31)32-26)19-8-9-24(23(30)17-19)36-15-10-33(4)28(36)38/h5-10,15-18,37H,11-14H2,1-4H3. The number of piperazine rings is 1. The molecule has 0 amide bonds. The van der Waals surface area contributed by atoms with Crippen LogP contribution < -0.4 is 10.6 Å². The molecule has 1 saturated heterocycles. The minimum atomic E-state index is -0.712. The number of anilines is 1. The van der Waals surface area contributed by atoms with Crippen molar-refractivity contribution in [1.82, 2.24) is 19.0 Å². The summed E-state index contributed by atoms with van der Waals surface area (Å²) in [6.45, 7) is 10.3. The summed E-state index contributed by atoms with van der Waals surface area (Å²) in [6, 6.07) is 13.9. The van der Waals surface area contributed by atoms with Crippen LogP contribution in [0.3, 0.4) is 0 Å². The number of imidazole rings is 1. The summed E-state index contributed by atoms with van der Waals surface area (Å²) in [5.41, 5.74) is 2.95. The van der Waals surface area contributed by atoms with E-state index in [-0.39, 0.29) is 28.2 Å². The number of aryl methyl sites for hydroxylation is 1. The van der Waals surface area contributed by atoms with E-state index in [0.717, 1.165) is 31.9 Å². The van der Waals surface area contributed by atoms with Gasteiger partial charge in [0.15, 0.2) is 0 Å². The van der Waals surface area contributed by atoms with Crippen molar-refractivity contribution < 1.29 is 9.50 Å². The van der Waals surface area contributed by atoms with E-state index >= 15 is 0 Å². The van der Waals surface area contributed by atoms with Gasteiger partial charge in [0.1, 0.15) is 11.4 Å². The van der Waals surface area contributed by atoms with Crippen LogP contribution in [-0.4, -0.2) is 55.8 Å². The molecule has 198 valence electrons. The highest BCUT2D eigenvalue weighted by Crippen LogP contribution is 2.39. The third kappa shape index (κ3) is 4.93. The van der Waals surface area contributed by atoms with E-state index in [1.54, 1.807) is 37.6 Å². The van der Waals surface area contributed by atoms with Gasteiger partial charge in [-0.3, -0.25) is 9.47 Å². The van der Waals surface area contributed by atoms with Crippen molar-refractivity contribution in [3.63, 3.8) is 0 Å². The van der Waals surface area contributed by atoms with Gasteiger partial charge < -0.3 is 14.6 Å². The molecular weight excluding hydrogens is 505 g/mol. The molecule has 1 aliphatic heterocycles. The average Bonchev–Trinajstić information content (AvgIpc) is 3.22. The third-order valence-electron chi connectivity index (χ3n) is 7.14. The number of benzene rings is 2. The number of rotatable bonds is 4. The zero-order valence-corrected chi connectivity index (χ0v) is 22.7. The molecular formula is C29H31ClFN5O2. The summed E-state index contributed by atoms with van der Waals surface area (Å²) in [5.74, 6) is -0.849. The van der Waals surface area contributed by atoms with E-state index in [2.05, 4.69) is 35.6 Å². The molecule has 0 radical (unpaired) electrons. The van der Waals surface area contributed by atoms with E-state index in [9.17, 15) is 14.3 Å². The fourth-order valence-electron chi connectivity index (χ4n) is 4.93. The first kappa shape index (κ1) is 26.0. The van der Waals surface area contributed by atoms with Gasteiger partial charge in [-0.15, -0.1) is 0 Å². The Hall–Kier alpha value is -3.62. The predicted molar refractivity (Wildman–Crippen MR) is 150 cm³/mol. The van der Waals surface area contributed by atoms with E-state index in [0.29, 0.717) is 21.8 Å². The van der Waals surface area contributed by atoms with Crippen molar-refractivity contribution in [2.24, 2.45) is 7.05 Å². The van der Waals surface area contributed by atoms with Crippen molar-refractivity contribution >= 4 is 17.3 Å². The van der Waals surface area contributed by atoms with E-state index < -0.39 is 5.95 Å². The molecule has 2 aromatic heterocycles. The summed E-state index contributed by atoms with van der Waals surface area (Å²) < 4.78 is 17.6. The van der Waals surface area contributed by atoms with Crippen molar-refractivity contribution in [2.45, 2.75) is 26.3 Å². The lowest BCUT2D eigenvalue weighted by Gasteiger charge is -2.43. The summed E-state index contributed by atoms with van der Waals surface area (Å²) in [4.78, 5) is 21.1. The maximum Gasteiger partial charge on any atom is 0.332 e. The van der Waals surface area contributed by atoms with Crippen molar-refractivity contribution in [1.29, 1.82) is 0 Å². The minimum absolute atomic E-state index is 0.125. The Morgan fingerprint density at radius 3 is 2.34 bits per heavy atom. The van der Waals surface area contributed by atoms with Gasteiger partial charge in [-0.1, -0.05) is 29.8 Å². The molecule has 0 saturated carbocycles. The Morgan fingerprint density at radius 2 is 1.71 bits per heavy atom. The zero-order valence-electron chi connectivity index (χ0n) is 21.9. The molecule has 2 aromatic carbocycles. The Kier molecular flexibility index (Phi) is 6.79. The van der Waals surface area contributed by atoms with Crippen molar-refractivity contribution in [3.8, 4) is 33.8 Å². The molecule has 0 atom stereocenters. The molecule has 4 aromatic rings. The zero-order chi connectivity index (χ0) is 27.2. The van der Waals surface area contributed by atoms with Crippen LogP contribution in [0, 0.1) is 5.95 Å². The molecule has 3 heterocycles. The molecule has 1 N–H and O–H groups in total. The van der Waals surface area contributed by atoms with Crippen molar-refractivity contribution in [3.05, 3.63) is 82.4 Å². The quantitative estimate of drug-likeness (QED) is 0.358. The lowest BCUT2D eigenvalue weighted by molar-refractivity contribution is 0.128. The minimum Gasteiger partial charge on any atom is -0.505 e. The van der Waals surface area contributed by atoms with Crippen LogP contribution >= 0.6 is 11.6 Å². The topological polar surface area (TPSA) is 66.5 Å². The number of aromatic hydroxyl groups is 1. The van der Waals surface area contributed by atoms with Crippen LogP contribution in [0.25, 0.3) is 28.1 Å². The molecule has 7 nitrogen and oxygen atoms in total. The Bertz CT molecular complexity index is 1550. The van der Waals surface area contributed by atoms with Crippen LogP contribution in [0.4, 0.5) is 10.1 Å². The maximum absolute atomic E-state index is 14.8. The second kappa shape index (κ2) is 9.93. The van der Waals surface area contributed by atoms with Gasteiger partial charge in [0.2, 0.25) is 5.95 Å². The Morgan fingerprint density at radius 1 is 0.974 bits per heavy atom. The first-order chi connectivity index (χ1) is 18.0. The summed E-state index contributed by atoms with van der Waals surface area (Å²) in [6.07, 6.45) is 3.27. The van der Waals surface area contributed by atoms with E-state index in [4.69, 9.17) is 11.6 Å². The summed E-state index contributed by atoms with van der Waals surface area (Å²) in [5, 5.41) is 11.5. The van der Waals surface area contributed by atoms with Crippen molar-refractivity contribution in [2.75, 3.05) is 31.1 Å². The predicted octanol–water partition coefficient (Wildman–Crippen LogP) is 5.32. The van der Waals surface area contributed by atoms with Gasteiger partial charge in [-0.25, -0.2) is 9.78 Å². The number of nitrogens with zero attached hydrogens (tertiary/aromatic N) is 5. The lowest BCUT2D eigenvalue weighted by atomic mass is 10.0. The second-order valence-electron chi connectivity index (χ2n) is 10.6. The van der Waals surface area contributed by atoms with E-state index in [1.807, 2.05) is 24.3 Å². The Labute approximate surface area is 226 Å². The number of pyridine rings is 1. The van der Waals surface area contributed by atoms with E-state index in [1.165, 1.54) is 15.2 Å². The van der Waals surface area contributed by atoms with Gasteiger partial charge >= 0.3 is 5.69 Å². The van der Waals surface area contributed by atoms with Gasteiger partial charge in [-0.2, -0.15) is 4.39 Å². The molecule has 0 bridgehead atoms. The van der Waals surface area contributed by atoms with Gasteiger partial charge in [0, 0.05) is 74.0 Å². The first-order valence-electron chi connectivity index (χ1n) is 12.6. The average molecular weight is 536 g/mol. The largest absolute Gasteiger partial charge is 0.505 e. The van der Waals surface area contributed by atoms with Gasteiger partial charge in [0.25, 0.3) is 0 Å². The first-order valence-corrected chi connectivity index (χ1v) is 12.9. The number of aromatic nitrogens is 3. The normalized spacial score (nSPS) is 14.7. The fourth-order valence-corrected chi connectivity index (χ4v) is 5.20. The maximum atomic E-state index is 14.8. The molecule has 0 aliphatic carbocycles. The monoisotopic (exact) mass is 535 g/mol. The highest BCUT2D eigenvalue weighted by Gasteiger charge is 2.26. The second-order valence-corrected chi connectivity index (χ2v) is 11.0. The molecule has 9 heteroatoms. The van der Waals surface area contributed by atoms with Crippen LogP contribution in [-0.2, 0) is 7.05 Å². The molecule has 38 heavy (non-hydrogen) atoms. The smallest absolute Gasteiger partial charge is 0.332 e. The van der Waals surface area contributed by atoms with Crippen LogP contribution in [0.5, 0.6) is 5.75 Å². The lowest BCUT2D eigenvalue weighted by Crippen LogP contribution is -2.53. The molecule has 1 aliphatic rings. The van der Waals surface area contributed by atoms with Crippen LogP contribution in [0.1, 0.15) is 20.8 Å². The number of hydrogen-bond donors (Lipinski definition) is 1. The van der Waals surface area contributed by atoms with Crippen LogP contribution in [0.2, 0.25) is 5.02 Å². The third-order valence-corrected chi connectivity index (χ3v) is 7.44.